The van der Waals surface area contributed by atoms with Gasteiger partial charge in [0.05, 0.1) is 16.2 Å². The summed E-state index contributed by atoms with van der Waals surface area (Å²) in [7, 11) is 0. The minimum absolute atomic E-state index is 0.169. The molecule has 1 aliphatic carbocycles. The number of nitrogens with one attached hydrogen (secondary N) is 1. The fourth-order valence-electron chi connectivity index (χ4n) is 5.50. The molecular weight excluding hydrogens is 395 g/mol. The quantitative estimate of drug-likeness (QED) is 0.495. The second-order valence-corrected chi connectivity index (χ2v) is 10.0. The number of anilines is 1. The van der Waals surface area contributed by atoms with Crippen molar-refractivity contribution in [2.45, 2.75) is 63.3 Å². The molecule has 1 aromatic rings. The van der Waals surface area contributed by atoms with Crippen LogP contribution in [0.5, 0.6) is 0 Å². The standard InChI is InChI=1S/C21H21FN2O2S2/c1-11-10-21(6-4-2-3-5-7-21)24-16-13(11)8-12(22)9-14(16)15(19(24)26)17-18(25)23-20(27)28-17/h8-9,11H,2-7,10H2,1H3,(H,23,25,27). The third-order valence-corrected chi connectivity index (χ3v) is 7.82. The number of halogens is 1. The van der Waals surface area contributed by atoms with Gasteiger partial charge in [0.2, 0.25) is 0 Å². The molecule has 1 unspecified atom stereocenters. The summed E-state index contributed by atoms with van der Waals surface area (Å²) in [4.78, 5) is 28.4. The molecule has 0 radical (unpaired) electrons. The van der Waals surface area contributed by atoms with Crippen molar-refractivity contribution < 1.29 is 14.0 Å². The largest absolute Gasteiger partial charge is 0.307 e. The van der Waals surface area contributed by atoms with Crippen LogP contribution in [0.25, 0.3) is 5.57 Å². The Bertz CT molecular complexity index is 963. The summed E-state index contributed by atoms with van der Waals surface area (Å²) in [5.74, 6) is -0.726. The number of thiocarbonyl (C=S) groups is 1. The van der Waals surface area contributed by atoms with Gasteiger partial charge in [-0.25, -0.2) is 4.39 Å². The van der Waals surface area contributed by atoms with Gasteiger partial charge in [-0.05, 0) is 42.9 Å². The first-order chi connectivity index (χ1) is 13.4. The summed E-state index contributed by atoms with van der Waals surface area (Å²) in [6.07, 6.45) is 7.30. The van der Waals surface area contributed by atoms with E-state index >= 15 is 0 Å². The molecule has 1 spiro atoms. The van der Waals surface area contributed by atoms with Crippen LogP contribution in [-0.2, 0) is 9.59 Å². The van der Waals surface area contributed by atoms with Gasteiger partial charge in [0.1, 0.15) is 10.1 Å². The number of amides is 2. The van der Waals surface area contributed by atoms with Crippen LogP contribution in [0.3, 0.4) is 0 Å². The topological polar surface area (TPSA) is 49.4 Å². The summed E-state index contributed by atoms with van der Waals surface area (Å²) in [6, 6.07) is 2.98. The Morgan fingerprint density at radius 3 is 2.57 bits per heavy atom. The van der Waals surface area contributed by atoms with Gasteiger partial charge in [0, 0.05) is 11.1 Å². The Balaban J connectivity index is 1.77. The van der Waals surface area contributed by atoms with E-state index in [0.717, 1.165) is 55.1 Å². The van der Waals surface area contributed by atoms with Crippen LogP contribution in [0.1, 0.15) is 68.9 Å². The number of fused-ring (bicyclic) bond motifs is 1. The number of hydrogen-bond acceptors (Lipinski definition) is 4. The number of rotatable bonds is 0. The third kappa shape index (κ3) is 2.52. The highest BCUT2D eigenvalue weighted by molar-refractivity contribution is 8.27. The van der Waals surface area contributed by atoms with E-state index in [-0.39, 0.29) is 29.1 Å². The van der Waals surface area contributed by atoms with Crippen molar-refractivity contribution in [3.63, 3.8) is 0 Å². The summed E-state index contributed by atoms with van der Waals surface area (Å²) < 4.78 is 14.8. The molecule has 146 valence electrons. The molecule has 7 heteroatoms. The Morgan fingerprint density at radius 2 is 1.93 bits per heavy atom. The predicted octanol–water partition coefficient (Wildman–Crippen LogP) is 4.63. The molecule has 4 nitrogen and oxygen atoms in total. The molecule has 3 heterocycles. The van der Waals surface area contributed by atoms with E-state index < -0.39 is 0 Å². The van der Waals surface area contributed by atoms with Gasteiger partial charge in [0.25, 0.3) is 11.8 Å². The van der Waals surface area contributed by atoms with E-state index in [9.17, 15) is 14.0 Å². The summed E-state index contributed by atoms with van der Waals surface area (Å²) >= 11 is 6.22. The highest BCUT2D eigenvalue weighted by Gasteiger charge is 2.53. The number of carbonyl (C=O) groups excluding carboxylic acids is 2. The van der Waals surface area contributed by atoms with E-state index in [1.54, 1.807) is 6.07 Å². The lowest BCUT2D eigenvalue weighted by Gasteiger charge is -2.48. The van der Waals surface area contributed by atoms with Gasteiger partial charge >= 0.3 is 0 Å². The van der Waals surface area contributed by atoms with Crippen LogP contribution in [0.4, 0.5) is 10.1 Å². The van der Waals surface area contributed by atoms with Crippen molar-refractivity contribution in [2.75, 3.05) is 4.90 Å². The molecule has 2 fully saturated rings. The first-order valence-corrected chi connectivity index (χ1v) is 11.1. The fraction of sp³-hybridized carbons (Fsp3) is 0.476. The summed E-state index contributed by atoms with van der Waals surface area (Å²) in [5, 5.41) is 2.60. The third-order valence-electron chi connectivity index (χ3n) is 6.58. The molecule has 1 saturated heterocycles. The molecule has 4 aliphatic rings. The Labute approximate surface area is 172 Å². The van der Waals surface area contributed by atoms with Crippen molar-refractivity contribution in [1.29, 1.82) is 0 Å². The van der Waals surface area contributed by atoms with E-state index in [0.29, 0.717) is 20.4 Å². The van der Waals surface area contributed by atoms with Crippen LogP contribution in [-0.4, -0.2) is 21.7 Å². The van der Waals surface area contributed by atoms with Crippen LogP contribution in [0.15, 0.2) is 17.0 Å². The lowest BCUT2D eigenvalue weighted by molar-refractivity contribution is -0.116. The number of nitrogens with zero attached hydrogens (tertiary/aromatic N) is 1. The smallest absolute Gasteiger partial charge is 0.264 e. The first-order valence-electron chi connectivity index (χ1n) is 9.87. The molecule has 1 aromatic carbocycles. The number of hydrogen-bond donors (Lipinski definition) is 1. The Kier molecular flexibility index (Phi) is 4.18. The van der Waals surface area contributed by atoms with Crippen molar-refractivity contribution in [1.82, 2.24) is 5.32 Å². The zero-order chi connectivity index (χ0) is 19.6. The van der Waals surface area contributed by atoms with Gasteiger partial charge in [-0.1, -0.05) is 56.6 Å². The van der Waals surface area contributed by atoms with Gasteiger partial charge in [-0.3, -0.25) is 9.59 Å². The molecule has 0 aromatic heterocycles. The fourth-order valence-corrected chi connectivity index (χ4v) is 6.62. The predicted molar refractivity (Wildman–Crippen MR) is 113 cm³/mol. The van der Waals surface area contributed by atoms with E-state index in [4.69, 9.17) is 12.2 Å². The molecule has 1 saturated carbocycles. The molecule has 3 aliphatic heterocycles. The normalized spacial score (nSPS) is 28.6. The highest BCUT2D eigenvalue weighted by atomic mass is 32.2. The number of thioether (sulfide) groups is 1. The average Bonchev–Trinajstić information content (AvgIpc) is 3.00. The molecule has 28 heavy (non-hydrogen) atoms. The average molecular weight is 417 g/mol. The van der Waals surface area contributed by atoms with Gasteiger partial charge in [-0.15, -0.1) is 0 Å². The van der Waals surface area contributed by atoms with E-state index in [1.807, 2.05) is 4.90 Å². The Morgan fingerprint density at radius 1 is 1.21 bits per heavy atom. The molecule has 2 amide bonds. The van der Waals surface area contributed by atoms with Crippen LogP contribution in [0.2, 0.25) is 0 Å². The maximum atomic E-state index is 14.5. The molecular formula is C21H21FN2O2S2. The molecule has 5 rings (SSSR count). The maximum Gasteiger partial charge on any atom is 0.264 e. The Hall–Kier alpha value is -1.73. The second kappa shape index (κ2) is 6.39. The van der Waals surface area contributed by atoms with Crippen LogP contribution in [0, 0.1) is 5.82 Å². The van der Waals surface area contributed by atoms with Crippen molar-refractivity contribution >= 4 is 51.4 Å². The maximum absolute atomic E-state index is 14.5. The SMILES string of the molecule is CC1CC2(CCCCCC2)N2C(=O)C(=C3SC(=S)NC3=O)c3cc(F)cc1c32. The molecule has 1 atom stereocenters. The summed E-state index contributed by atoms with van der Waals surface area (Å²) in [6.45, 7) is 2.13. The van der Waals surface area contributed by atoms with Crippen molar-refractivity contribution in [2.24, 2.45) is 0 Å². The first kappa shape index (κ1) is 18.3. The van der Waals surface area contributed by atoms with E-state index in [1.165, 1.54) is 18.9 Å². The lowest BCUT2D eigenvalue weighted by atomic mass is 9.74. The zero-order valence-corrected chi connectivity index (χ0v) is 17.3. The van der Waals surface area contributed by atoms with Gasteiger partial charge in [-0.2, -0.15) is 0 Å². The zero-order valence-electron chi connectivity index (χ0n) is 15.6. The molecule has 0 bridgehead atoms. The van der Waals surface area contributed by atoms with Crippen LogP contribution >= 0.6 is 24.0 Å². The summed E-state index contributed by atoms with van der Waals surface area (Å²) in [5.41, 5.74) is 2.32. The minimum atomic E-state index is -0.365. The number of carbonyl (C=O) groups is 2. The second-order valence-electron chi connectivity index (χ2n) is 8.32. The van der Waals surface area contributed by atoms with E-state index in [2.05, 4.69) is 12.2 Å². The van der Waals surface area contributed by atoms with Gasteiger partial charge < -0.3 is 10.2 Å². The van der Waals surface area contributed by atoms with Gasteiger partial charge in [0.15, 0.2) is 0 Å². The minimum Gasteiger partial charge on any atom is -0.307 e. The van der Waals surface area contributed by atoms with Crippen molar-refractivity contribution in [3.8, 4) is 0 Å². The van der Waals surface area contributed by atoms with Crippen LogP contribution < -0.4 is 10.2 Å². The highest BCUT2D eigenvalue weighted by Crippen LogP contribution is 2.56. The number of benzene rings is 1. The monoisotopic (exact) mass is 416 g/mol. The van der Waals surface area contributed by atoms with Crippen molar-refractivity contribution in [3.05, 3.63) is 34.0 Å². The molecule has 1 N–H and O–H groups in total. The lowest BCUT2D eigenvalue weighted by Crippen LogP contribution is -2.53.